The van der Waals surface area contributed by atoms with E-state index in [4.69, 9.17) is 4.55 Å². The zero-order valence-corrected chi connectivity index (χ0v) is 9.18. The van der Waals surface area contributed by atoms with Crippen molar-refractivity contribution in [3.05, 3.63) is 35.7 Å². The van der Waals surface area contributed by atoms with Crippen molar-refractivity contribution < 1.29 is 13.0 Å². The molecule has 0 bridgehead atoms. The Morgan fingerprint density at radius 1 is 1.21 bits per heavy atom. The summed E-state index contributed by atoms with van der Waals surface area (Å²) in [5.74, 6) is 0. The second-order valence-electron chi connectivity index (χ2n) is 2.69. The lowest BCUT2D eigenvalue weighted by atomic mass is 10.3. The van der Waals surface area contributed by atoms with Crippen LogP contribution in [0.1, 0.15) is 0 Å². The van der Waals surface area contributed by atoms with Crippen LogP contribution in [0.15, 0.2) is 35.7 Å². The molecule has 1 aromatic carbocycles. The highest BCUT2D eigenvalue weighted by molar-refractivity contribution is 7.85. The van der Waals surface area contributed by atoms with Gasteiger partial charge in [-0.15, -0.1) is 11.3 Å². The molecule has 0 saturated carbocycles. The zero-order chi connectivity index (χ0) is 10.6. The lowest BCUT2D eigenvalue weighted by Crippen LogP contribution is -1.88. The van der Waals surface area contributed by atoms with Gasteiger partial charge in [-0.2, -0.15) is 8.42 Å². The third-order valence-electron chi connectivity index (χ3n) is 1.36. The van der Waals surface area contributed by atoms with E-state index in [2.05, 4.69) is 35.7 Å². The molecule has 1 N–H and O–H groups in total. The molecule has 2 rings (SSSR count). The number of rotatable bonds is 0. The fraction of sp³-hybridized carbons (Fsp3) is 0.111. The molecule has 0 unspecified atom stereocenters. The van der Waals surface area contributed by atoms with Gasteiger partial charge in [0.05, 0.1) is 6.26 Å². The first-order valence-electron chi connectivity index (χ1n) is 3.81. The number of benzene rings is 1. The maximum atomic E-state index is 9.19. The van der Waals surface area contributed by atoms with Crippen LogP contribution in [0, 0.1) is 0 Å². The van der Waals surface area contributed by atoms with Crippen LogP contribution in [0.2, 0.25) is 0 Å². The standard InChI is InChI=1S/C8H6S.CH4O3S/c1-2-4-8-7(3-1)5-6-9-8;1-5(2,3)4/h1-6H;1H3,(H,2,3,4). The SMILES string of the molecule is CS(=O)(=O)O.c1ccc2sccc2c1. The fourth-order valence-corrected chi connectivity index (χ4v) is 1.70. The largest absolute Gasteiger partial charge is 0.286 e. The van der Waals surface area contributed by atoms with Crippen molar-refractivity contribution in [1.82, 2.24) is 0 Å². The first-order valence-corrected chi connectivity index (χ1v) is 6.54. The van der Waals surface area contributed by atoms with Gasteiger partial charge < -0.3 is 0 Å². The predicted molar refractivity (Wildman–Crippen MR) is 59.3 cm³/mol. The van der Waals surface area contributed by atoms with Gasteiger partial charge >= 0.3 is 0 Å². The molecule has 0 saturated heterocycles. The van der Waals surface area contributed by atoms with Gasteiger partial charge in [0.1, 0.15) is 0 Å². The molecule has 76 valence electrons. The molecule has 0 aliphatic carbocycles. The Balaban J connectivity index is 0.000000171. The topological polar surface area (TPSA) is 54.4 Å². The highest BCUT2D eigenvalue weighted by atomic mass is 32.2. The van der Waals surface area contributed by atoms with Crippen molar-refractivity contribution in [2.45, 2.75) is 0 Å². The smallest absolute Gasteiger partial charge is 0.261 e. The number of hydrogen-bond acceptors (Lipinski definition) is 3. The van der Waals surface area contributed by atoms with E-state index < -0.39 is 10.1 Å². The van der Waals surface area contributed by atoms with E-state index in [9.17, 15) is 8.42 Å². The van der Waals surface area contributed by atoms with E-state index in [1.54, 1.807) is 11.3 Å². The van der Waals surface area contributed by atoms with E-state index in [-0.39, 0.29) is 0 Å². The van der Waals surface area contributed by atoms with E-state index in [0.29, 0.717) is 6.26 Å². The van der Waals surface area contributed by atoms with E-state index >= 15 is 0 Å². The molecule has 1 heterocycles. The number of thiophene rings is 1. The van der Waals surface area contributed by atoms with Crippen LogP contribution in [0.5, 0.6) is 0 Å². The van der Waals surface area contributed by atoms with Gasteiger partial charge in [0.2, 0.25) is 0 Å². The summed E-state index contributed by atoms with van der Waals surface area (Å²) in [7, 11) is -3.67. The molecule has 5 heteroatoms. The van der Waals surface area contributed by atoms with Crippen molar-refractivity contribution in [3.8, 4) is 0 Å². The summed E-state index contributed by atoms with van der Waals surface area (Å²) in [4.78, 5) is 0. The molecule has 0 aliphatic heterocycles. The quantitative estimate of drug-likeness (QED) is 0.707. The minimum Gasteiger partial charge on any atom is -0.286 e. The molecule has 1 aromatic heterocycles. The Morgan fingerprint density at radius 2 is 1.79 bits per heavy atom. The summed E-state index contributed by atoms with van der Waals surface area (Å²) in [6, 6.07) is 10.5. The molecule has 14 heavy (non-hydrogen) atoms. The lowest BCUT2D eigenvalue weighted by molar-refractivity contribution is 0.490. The van der Waals surface area contributed by atoms with E-state index in [0.717, 1.165) is 0 Å². The van der Waals surface area contributed by atoms with Crippen LogP contribution in [0.25, 0.3) is 10.1 Å². The van der Waals surface area contributed by atoms with Crippen molar-refractivity contribution in [2.24, 2.45) is 0 Å². The molecular weight excluding hydrogens is 220 g/mol. The van der Waals surface area contributed by atoms with Crippen molar-refractivity contribution in [3.63, 3.8) is 0 Å². The van der Waals surface area contributed by atoms with Crippen LogP contribution in [0.3, 0.4) is 0 Å². The van der Waals surface area contributed by atoms with Gasteiger partial charge in [-0.1, -0.05) is 18.2 Å². The second kappa shape index (κ2) is 4.54. The maximum absolute atomic E-state index is 9.19. The molecule has 0 spiro atoms. The molecule has 3 nitrogen and oxygen atoms in total. The minimum atomic E-state index is -3.67. The normalized spacial score (nSPS) is 10.7. The van der Waals surface area contributed by atoms with Crippen LogP contribution >= 0.6 is 11.3 Å². The molecule has 2 aromatic rings. The maximum Gasteiger partial charge on any atom is 0.261 e. The Hall–Kier alpha value is -0.910. The Labute approximate surface area is 86.8 Å². The lowest BCUT2D eigenvalue weighted by Gasteiger charge is -1.82. The predicted octanol–water partition coefficient (Wildman–Crippen LogP) is 2.41. The molecule has 0 aliphatic rings. The van der Waals surface area contributed by atoms with Gasteiger partial charge in [-0.25, -0.2) is 0 Å². The highest BCUT2D eigenvalue weighted by Gasteiger charge is 1.87. The molecular formula is C9H10O3S2. The Kier molecular flexibility index (Phi) is 3.62. The average molecular weight is 230 g/mol. The molecule has 0 amide bonds. The van der Waals surface area contributed by atoms with Gasteiger partial charge in [-0.05, 0) is 22.9 Å². The molecule has 0 atom stereocenters. The van der Waals surface area contributed by atoms with Crippen LogP contribution in [0.4, 0.5) is 0 Å². The zero-order valence-electron chi connectivity index (χ0n) is 7.54. The van der Waals surface area contributed by atoms with E-state index in [1.165, 1.54) is 10.1 Å². The van der Waals surface area contributed by atoms with Gasteiger partial charge in [0, 0.05) is 4.70 Å². The average Bonchev–Trinajstić information content (AvgIpc) is 2.47. The van der Waals surface area contributed by atoms with Crippen molar-refractivity contribution in [1.29, 1.82) is 0 Å². The van der Waals surface area contributed by atoms with Crippen molar-refractivity contribution >= 4 is 31.5 Å². The van der Waals surface area contributed by atoms with Crippen LogP contribution in [-0.2, 0) is 10.1 Å². The van der Waals surface area contributed by atoms with Crippen LogP contribution in [-0.4, -0.2) is 19.2 Å². The third-order valence-corrected chi connectivity index (χ3v) is 2.26. The van der Waals surface area contributed by atoms with Gasteiger partial charge in [0.25, 0.3) is 10.1 Å². The first kappa shape index (κ1) is 11.2. The van der Waals surface area contributed by atoms with Gasteiger partial charge in [-0.3, -0.25) is 4.55 Å². The molecule has 0 radical (unpaired) electrons. The Bertz CT molecular complexity index is 461. The summed E-state index contributed by atoms with van der Waals surface area (Å²) in [6.07, 6.45) is 0.715. The monoisotopic (exact) mass is 230 g/mol. The first-order chi connectivity index (χ1) is 6.47. The van der Waals surface area contributed by atoms with Crippen LogP contribution < -0.4 is 0 Å². The second-order valence-corrected chi connectivity index (χ2v) is 5.11. The summed E-state index contributed by atoms with van der Waals surface area (Å²) in [6.45, 7) is 0. The summed E-state index contributed by atoms with van der Waals surface area (Å²) in [5, 5.41) is 3.47. The number of hydrogen-bond donors (Lipinski definition) is 1. The minimum absolute atomic E-state index is 0.715. The fourth-order valence-electron chi connectivity index (χ4n) is 0.906. The van der Waals surface area contributed by atoms with E-state index in [1.807, 2.05) is 0 Å². The van der Waals surface area contributed by atoms with Gasteiger partial charge in [0.15, 0.2) is 0 Å². The highest BCUT2D eigenvalue weighted by Crippen LogP contribution is 2.18. The summed E-state index contributed by atoms with van der Waals surface area (Å²) < 4.78 is 27.2. The van der Waals surface area contributed by atoms with Crippen molar-refractivity contribution in [2.75, 3.05) is 6.26 Å². The summed E-state index contributed by atoms with van der Waals surface area (Å²) >= 11 is 1.79. The third kappa shape index (κ3) is 4.36. The Morgan fingerprint density at radius 3 is 2.36 bits per heavy atom. The number of fused-ring (bicyclic) bond motifs is 1. The summed E-state index contributed by atoms with van der Waals surface area (Å²) in [5.41, 5.74) is 0. The molecule has 0 fully saturated rings.